The second-order valence-electron chi connectivity index (χ2n) is 8.09. The van der Waals surface area contributed by atoms with Gasteiger partial charge in [0.15, 0.2) is 0 Å². The highest BCUT2D eigenvalue weighted by atomic mass is 32.1. The highest BCUT2D eigenvalue weighted by Crippen LogP contribution is 2.42. The lowest BCUT2D eigenvalue weighted by Crippen LogP contribution is -2.10. The molecule has 0 fully saturated rings. The van der Waals surface area contributed by atoms with Crippen LogP contribution in [0.15, 0.2) is 61.3 Å². The Morgan fingerprint density at radius 3 is 2.72 bits per heavy atom. The van der Waals surface area contributed by atoms with Crippen molar-refractivity contribution < 1.29 is 14.3 Å². The SMILES string of the molecule is COc1ccccc1-c1c(C(N)=O)sc2cnc(Nc3ccc(-n4cncn4)cc3OC(C)C)nc12. The van der Waals surface area contributed by atoms with E-state index in [0.717, 1.165) is 16.0 Å². The Hall–Kier alpha value is -4.51. The van der Waals surface area contributed by atoms with Crippen molar-refractivity contribution in [3.8, 4) is 28.3 Å². The maximum atomic E-state index is 12.3. The van der Waals surface area contributed by atoms with Crippen LogP contribution in [-0.2, 0) is 0 Å². The van der Waals surface area contributed by atoms with Crippen LogP contribution >= 0.6 is 11.3 Å². The van der Waals surface area contributed by atoms with E-state index >= 15 is 0 Å². The average Bonchev–Trinajstić information content (AvgIpc) is 3.53. The predicted molar refractivity (Wildman–Crippen MR) is 138 cm³/mol. The summed E-state index contributed by atoms with van der Waals surface area (Å²) >= 11 is 1.25. The van der Waals surface area contributed by atoms with E-state index in [4.69, 9.17) is 20.2 Å². The van der Waals surface area contributed by atoms with Crippen molar-refractivity contribution in [2.75, 3.05) is 12.4 Å². The maximum absolute atomic E-state index is 12.3. The first-order valence-electron chi connectivity index (χ1n) is 11.1. The van der Waals surface area contributed by atoms with Gasteiger partial charge in [-0.15, -0.1) is 11.3 Å². The number of thiophene rings is 1. The van der Waals surface area contributed by atoms with Gasteiger partial charge in [0.25, 0.3) is 5.91 Å². The molecule has 36 heavy (non-hydrogen) atoms. The van der Waals surface area contributed by atoms with Crippen molar-refractivity contribution in [3.05, 3.63) is 66.2 Å². The van der Waals surface area contributed by atoms with Gasteiger partial charge in [-0.25, -0.2) is 19.6 Å². The summed E-state index contributed by atoms with van der Waals surface area (Å²) in [5.41, 5.74) is 9.15. The molecule has 0 saturated heterocycles. The fourth-order valence-electron chi connectivity index (χ4n) is 3.80. The quantitative estimate of drug-likeness (QED) is 0.316. The van der Waals surface area contributed by atoms with E-state index in [2.05, 4.69) is 20.4 Å². The lowest BCUT2D eigenvalue weighted by molar-refractivity contribution is 0.100. The van der Waals surface area contributed by atoms with Crippen LogP contribution in [0.1, 0.15) is 23.5 Å². The molecule has 0 aliphatic rings. The van der Waals surface area contributed by atoms with Gasteiger partial charge >= 0.3 is 0 Å². The van der Waals surface area contributed by atoms with Crippen molar-refractivity contribution in [3.63, 3.8) is 0 Å². The summed E-state index contributed by atoms with van der Waals surface area (Å²) in [6, 6.07) is 13.1. The molecule has 5 aromatic rings. The van der Waals surface area contributed by atoms with E-state index in [0.29, 0.717) is 39.1 Å². The van der Waals surface area contributed by atoms with Crippen LogP contribution in [0.4, 0.5) is 11.6 Å². The molecule has 0 aliphatic carbocycles. The Morgan fingerprint density at radius 1 is 1.17 bits per heavy atom. The summed E-state index contributed by atoms with van der Waals surface area (Å²) in [5.74, 6) is 1.03. The van der Waals surface area contributed by atoms with Crippen molar-refractivity contribution in [2.24, 2.45) is 5.73 Å². The molecule has 0 unspecified atom stereocenters. The fourth-order valence-corrected chi connectivity index (χ4v) is 4.78. The number of methoxy groups -OCH3 is 1. The smallest absolute Gasteiger partial charge is 0.259 e. The Kier molecular flexibility index (Phi) is 6.21. The number of aromatic nitrogens is 5. The van der Waals surface area contributed by atoms with Crippen LogP contribution in [0.2, 0.25) is 0 Å². The monoisotopic (exact) mass is 501 g/mol. The second kappa shape index (κ2) is 9.62. The molecule has 0 atom stereocenters. The normalized spacial score (nSPS) is 11.1. The number of hydrogen-bond donors (Lipinski definition) is 2. The van der Waals surface area contributed by atoms with Gasteiger partial charge in [-0.1, -0.05) is 18.2 Å². The number of amides is 1. The number of nitrogens with zero attached hydrogens (tertiary/aromatic N) is 5. The standard InChI is InChI=1S/C25H23N7O3S/c1-14(2)35-19-10-15(32-13-27-12-29-32)8-9-17(19)30-25-28-11-20-22(31-25)21(23(36-20)24(26)33)16-6-4-5-7-18(16)34-3/h4-14H,1-3H3,(H2,26,33)(H,28,30,31). The largest absolute Gasteiger partial charge is 0.496 e. The van der Waals surface area contributed by atoms with Crippen LogP contribution < -0.4 is 20.5 Å². The number of anilines is 2. The molecule has 5 rings (SSSR count). The van der Waals surface area contributed by atoms with Crippen LogP contribution in [0.5, 0.6) is 11.5 Å². The van der Waals surface area contributed by atoms with Crippen LogP contribution in [-0.4, -0.2) is 43.9 Å². The topological polar surface area (TPSA) is 130 Å². The zero-order valence-electron chi connectivity index (χ0n) is 19.8. The summed E-state index contributed by atoms with van der Waals surface area (Å²) in [4.78, 5) is 25.9. The molecule has 0 radical (unpaired) electrons. The molecule has 1 amide bonds. The summed E-state index contributed by atoms with van der Waals surface area (Å²) in [5, 5.41) is 7.43. The van der Waals surface area contributed by atoms with Crippen LogP contribution in [0.3, 0.4) is 0 Å². The van der Waals surface area contributed by atoms with Gasteiger partial charge in [0.1, 0.15) is 29.0 Å². The number of nitrogens with one attached hydrogen (secondary N) is 1. The number of para-hydroxylation sites is 1. The average molecular weight is 502 g/mol. The fraction of sp³-hybridized carbons (Fsp3) is 0.160. The molecule has 0 bridgehead atoms. The Labute approximate surface area is 210 Å². The van der Waals surface area contributed by atoms with E-state index in [1.54, 1.807) is 24.3 Å². The minimum atomic E-state index is -0.537. The van der Waals surface area contributed by atoms with E-state index < -0.39 is 5.91 Å². The van der Waals surface area contributed by atoms with Crippen LogP contribution in [0.25, 0.3) is 27.0 Å². The number of carbonyl (C=O) groups is 1. The lowest BCUT2D eigenvalue weighted by atomic mass is 10.0. The molecule has 10 nitrogen and oxygen atoms in total. The lowest BCUT2D eigenvalue weighted by Gasteiger charge is -2.16. The first-order valence-corrected chi connectivity index (χ1v) is 11.9. The molecule has 3 aromatic heterocycles. The van der Waals surface area contributed by atoms with Gasteiger partial charge in [-0.05, 0) is 32.0 Å². The number of ether oxygens (including phenoxy) is 2. The minimum absolute atomic E-state index is 0.0629. The Bertz CT molecular complexity index is 1550. The van der Waals surface area contributed by atoms with Crippen molar-refractivity contribution >= 4 is 39.1 Å². The van der Waals surface area contributed by atoms with Gasteiger partial charge in [-0.3, -0.25) is 4.79 Å². The number of carbonyl (C=O) groups excluding carboxylic acids is 1. The third-order valence-corrected chi connectivity index (χ3v) is 6.42. The number of nitrogens with two attached hydrogens (primary N) is 1. The molecule has 3 heterocycles. The zero-order chi connectivity index (χ0) is 25.2. The maximum Gasteiger partial charge on any atom is 0.259 e. The van der Waals surface area contributed by atoms with Crippen molar-refractivity contribution in [2.45, 2.75) is 20.0 Å². The van der Waals surface area contributed by atoms with Gasteiger partial charge in [0, 0.05) is 17.2 Å². The van der Waals surface area contributed by atoms with E-state index in [1.807, 2.05) is 56.3 Å². The van der Waals surface area contributed by atoms with Gasteiger partial charge in [0.2, 0.25) is 5.95 Å². The highest BCUT2D eigenvalue weighted by molar-refractivity contribution is 7.21. The number of benzene rings is 2. The summed E-state index contributed by atoms with van der Waals surface area (Å²) < 4.78 is 14.0. The number of fused-ring (bicyclic) bond motifs is 1. The zero-order valence-corrected chi connectivity index (χ0v) is 20.6. The summed E-state index contributed by atoms with van der Waals surface area (Å²) in [6.07, 6.45) is 4.70. The van der Waals surface area contributed by atoms with Gasteiger partial charge in [-0.2, -0.15) is 5.10 Å². The summed E-state index contributed by atoms with van der Waals surface area (Å²) in [7, 11) is 1.58. The molecule has 0 aliphatic heterocycles. The highest BCUT2D eigenvalue weighted by Gasteiger charge is 2.22. The first kappa shape index (κ1) is 23.2. The minimum Gasteiger partial charge on any atom is -0.496 e. The third-order valence-electron chi connectivity index (χ3n) is 5.29. The number of primary amides is 1. The molecule has 3 N–H and O–H groups in total. The van der Waals surface area contributed by atoms with E-state index in [1.165, 1.54) is 17.7 Å². The van der Waals surface area contributed by atoms with Gasteiger partial charge in [0.05, 0.1) is 41.0 Å². The number of hydrogen-bond acceptors (Lipinski definition) is 9. The van der Waals surface area contributed by atoms with Gasteiger partial charge < -0.3 is 20.5 Å². The number of rotatable bonds is 8. The predicted octanol–water partition coefficient (Wildman–Crippen LogP) is 4.58. The molecule has 2 aromatic carbocycles. The van der Waals surface area contributed by atoms with Crippen LogP contribution in [0, 0.1) is 0 Å². The first-order chi connectivity index (χ1) is 17.4. The molecule has 11 heteroatoms. The van der Waals surface area contributed by atoms with Crippen molar-refractivity contribution in [1.29, 1.82) is 0 Å². The van der Waals surface area contributed by atoms with E-state index in [-0.39, 0.29) is 6.10 Å². The molecule has 182 valence electrons. The Balaban J connectivity index is 1.60. The van der Waals surface area contributed by atoms with Crippen molar-refractivity contribution in [1.82, 2.24) is 24.7 Å². The molecule has 0 spiro atoms. The van der Waals surface area contributed by atoms with E-state index in [9.17, 15) is 4.79 Å². The molecular weight excluding hydrogens is 478 g/mol. The second-order valence-corrected chi connectivity index (χ2v) is 9.14. The third kappa shape index (κ3) is 4.43. The Morgan fingerprint density at radius 2 is 2.00 bits per heavy atom. The summed E-state index contributed by atoms with van der Waals surface area (Å²) in [6.45, 7) is 3.90. The molecular formula is C25H23N7O3S. The molecule has 0 saturated carbocycles.